The monoisotopic (exact) mass is 365 g/mol. The number of ketones is 1. The Morgan fingerprint density at radius 2 is 2.04 bits per heavy atom. The van der Waals surface area contributed by atoms with E-state index in [-0.39, 0.29) is 5.78 Å². The van der Waals surface area contributed by atoms with Gasteiger partial charge in [0.05, 0.1) is 15.8 Å². The van der Waals surface area contributed by atoms with E-state index in [0.717, 1.165) is 21.1 Å². The van der Waals surface area contributed by atoms with Crippen LogP contribution in [0.3, 0.4) is 0 Å². The number of nitrogens with two attached hydrogens (primary N) is 1. The average molecular weight is 365 g/mol. The molecule has 26 heavy (non-hydrogen) atoms. The predicted octanol–water partition coefficient (Wildman–Crippen LogP) is 3.79. The van der Waals surface area contributed by atoms with Gasteiger partial charge in [-0.3, -0.25) is 4.79 Å². The number of ether oxygens (including phenoxy) is 1. The standard InChI is InChI=1S/C19H15N3O3S/c1-10(17(23)13-9-21-14-5-3-2-4-12(13)14)25-18(24)11-6-7-15-16(8-11)26-19(20)22-15/h2-10,21H,1H3,(H2,20,22). The summed E-state index contributed by atoms with van der Waals surface area (Å²) >= 11 is 1.30. The Morgan fingerprint density at radius 3 is 2.88 bits per heavy atom. The van der Waals surface area contributed by atoms with Gasteiger partial charge in [-0.25, -0.2) is 9.78 Å². The third-order valence-corrected chi connectivity index (χ3v) is 5.00. The summed E-state index contributed by atoms with van der Waals surface area (Å²) in [4.78, 5) is 32.3. The summed E-state index contributed by atoms with van der Waals surface area (Å²) in [6.45, 7) is 1.57. The number of nitrogen functional groups attached to an aromatic ring is 1. The Kier molecular flexibility index (Phi) is 3.93. The average Bonchev–Trinajstić information content (AvgIpc) is 3.22. The molecule has 7 heteroatoms. The fourth-order valence-corrected chi connectivity index (χ4v) is 3.62. The first kappa shape index (κ1) is 16.3. The van der Waals surface area contributed by atoms with Gasteiger partial charge in [0.2, 0.25) is 5.78 Å². The first-order chi connectivity index (χ1) is 12.5. The molecule has 0 amide bonds. The predicted molar refractivity (Wildman–Crippen MR) is 102 cm³/mol. The second kappa shape index (κ2) is 6.27. The maximum Gasteiger partial charge on any atom is 0.338 e. The van der Waals surface area contributed by atoms with Crippen molar-refractivity contribution in [1.29, 1.82) is 0 Å². The smallest absolute Gasteiger partial charge is 0.338 e. The number of aromatic nitrogens is 2. The Bertz CT molecular complexity index is 1150. The van der Waals surface area contributed by atoms with Crippen LogP contribution in [0.1, 0.15) is 27.6 Å². The van der Waals surface area contributed by atoms with Gasteiger partial charge in [0.15, 0.2) is 11.2 Å². The van der Waals surface area contributed by atoms with Crippen molar-refractivity contribution in [2.75, 3.05) is 5.73 Å². The number of H-pyrrole nitrogens is 1. The van der Waals surface area contributed by atoms with E-state index in [1.54, 1.807) is 31.3 Å². The highest BCUT2D eigenvalue weighted by atomic mass is 32.1. The molecular weight excluding hydrogens is 350 g/mol. The SMILES string of the molecule is CC(OC(=O)c1ccc2nc(N)sc2c1)C(=O)c1c[nH]c2ccccc12. The normalized spacial score (nSPS) is 12.3. The zero-order chi connectivity index (χ0) is 18.3. The Balaban J connectivity index is 1.55. The first-order valence-corrected chi connectivity index (χ1v) is 8.82. The molecule has 130 valence electrons. The zero-order valence-corrected chi connectivity index (χ0v) is 14.7. The number of benzene rings is 2. The number of carbonyl (C=O) groups is 2. The molecule has 1 unspecified atom stereocenters. The number of hydrogen-bond donors (Lipinski definition) is 2. The molecule has 0 aliphatic heterocycles. The van der Waals surface area contributed by atoms with E-state index in [0.29, 0.717) is 16.3 Å². The van der Waals surface area contributed by atoms with Crippen molar-refractivity contribution in [3.05, 3.63) is 59.8 Å². The third-order valence-electron chi connectivity index (χ3n) is 4.15. The van der Waals surface area contributed by atoms with Crippen molar-refractivity contribution in [2.24, 2.45) is 0 Å². The van der Waals surface area contributed by atoms with Gasteiger partial charge in [-0.1, -0.05) is 29.5 Å². The van der Waals surface area contributed by atoms with E-state index >= 15 is 0 Å². The molecule has 0 radical (unpaired) electrons. The van der Waals surface area contributed by atoms with Gasteiger partial charge in [-0.15, -0.1) is 0 Å². The number of esters is 1. The van der Waals surface area contributed by atoms with Crippen LogP contribution < -0.4 is 5.73 Å². The zero-order valence-electron chi connectivity index (χ0n) is 13.9. The number of thiazole rings is 1. The van der Waals surface area contributed by atoms with Crippen LogP contribution in [0.5, 0.6) is 0 Å². The number of Topliss-reactive ketones (excluding diaryl/α,β-unsaturated/α-hetero) is 1. The highest BCUT2D eigenvalue weighted by Crippen LogP contribution is 2.25. The molecule has 0 saturated carbocycles. The lowest BCUT2D eigenvalue weighted by atomic mass is 10.1. The lowest BCUT2D eigenvalue weighted by Crippen LogP contribution is -2.24. The summed E-state index contributed by atoms with van der Waals surface area (Å²) in [5, 5.41) is 1.25. The van der Waals surface area contributed by atoms with E-state index in [9.17, 15) is 9.59 Å². The summed E-state index contributed by atoms with van der Waals surface area (Å²) in [5.41, 5.74) is 8.14. The van der Waals surface area contributed by atoms with Gasteiger partial charge in [0.25, 0.3) is 0 Å². The molecule has 0 saturated heterocycles. The molecule has 4 rings (SSSR count). The Hall–Kier alpha value is -3.19. The molecule has 0 aliphatic rings. The third kappa shape index (κ3) is 2.82. The molecule has 1 atom stereocenters. The van der Waals surface area contributed by atoms with Crippen LogP contribution >= 0.6 is 11.3 Å². The quantitative estimate of drug-likeness (QED) is 0.423. The van der Waals surface area contributed by atoms with Gasteiger partial charge in [-0.2, -0.15) is 0 Å². The van der Waals surface area contributed by atoms with Crippen molar-refractivity contribution < 1.29 is 14.3 Å². The Labute approximate surface area is 152 Å². The summed E-state index contributed by atoms with van der Waals surface area (Å²) in [6, 6.07) is 12.5. The minimum atomic E-state index is -0.899. The fraction of sp³-hybridized carbons (Fsp3) is 0.105. The van der Waals surface area contributed by atoms with Gasteiger partial charge in [0.1, 0.15) is 0 Å². The molecular formula is C19H15N3O3S. The first-order valence-electron chi connectivity index (χ1n) is 8.00. The van der Waals surface area contributed by atoms with Crippen molar-refractivity contribution in [2.45, 2.75) is 13.0 Å². The van der Waals surface area contributed by atoms with E-state index in [1.165, 1.54) is 11.3 Å². The maximum absolute atomic E-state index is 12.7. The number of carbonyl (C=O) groups excluding carboxylic acids is 2. The van der Waals surface area contributed by atoms with Crippen LogP contribution in [0.2, 0.25) is 0 Å². The van der Waals surface area contributed by atoms with Gasteiger partial charge in [0, 0.05) is 22.7 Å². The highest BCUT2D eigenvalue weighted by Gasteiger charge is 2.23. The molecule has 3 N–H and O–H groups in total. The molecule has 2 aromatic heterocycles. The molecule has 0 fully saturated rings. The van der Waals surface area contributed by atoms with E-state index in [2.05, 4.69) is 9.97 Å². The van der Waals surface area contributed by atoms with Crippen LogP contribution in [0, 0.1) is 0 Å². The molecule has 0 bridgehead atoms. The number of nitrogens with zero attached hydrogens (tertiary/aromatic N) is 1. The molecule has 2 aromatic carbocycles. The Morgan fingerprint density at radius 1 is 1.23 bits per heavy atom. The minimum Gasteiger partial charge on any atom is -0.451 e. The second-order valence-electron chi connectivity index (χ2n) is 5.89. The molecule has 2 heterocycles. The van der Waals surface area contributed by atoms with E-state index in [4.69, 9.17) is 10.5 Å². The van der Waals surface area contributed by atoms with Gasteiger partial charge >= 0.3 is 5.97 Å². The summed E-state index contributed by atoms with van der Waals surface area (Å²) in [7, 11) is 0. The lowest BCUT2D eigenvalue weighted by molar-refractivity contribution is 0.0319. The highest BCUT2D eigenvalue weighted by molar-refractivity contribution is 7.22. The maximum atomic E-state index is 12.7. The van der Waals surface area contributed by atoms with Gasteiger partial charge in [-0.05, 0) is 31.2 Å². The van der Waals surface area contributed by atoms with Crippen molar-refractivity contribution >= 4 is 49.3 Å². The number of anilines is 1. The van der Waals surface area contributed by atoms with Gasteiger partial charge < -0.3 is 15.5 Å². The molecule has 6 nitrogen and oxygen atoms in total. The number of aromatic amines is 1. The number of nitrogens with one attached hydrogen (secondary N) is 1. The van der Waals surface area contributed by atoms with Crippen LogP contribution in [0.4, 0.5) is 5.13 Å². The number of hydrogen-bond acceptors (Lipinski definition) is 6. The van der Waals surface area contributed by atoms with Crippen molar-refractivity contribution in [3.8, 4) is 0 Å². The fourth-order valence-electron chi connectivity index (χ4n) is 2.85. The minimum absolute atomic E-state index is 0.251. The molecule has 0 spiro atoms. The van der Waals surface area contributed by atoms with Crippen LogP contribution in [-0.2, 0) is 4.74 Å². The number of para-hydroxylation sites is 1. The lowest BCUT2D eigenvalue weighted by Gasteiger charge is -2.12. The number of rotatable bonds is 4. The largest absolute Gasteiger partial charge is 0.451 e. The second-order valence-corrected chi connectivity index (χ2v) is 6.96. The van der Waals surface area contributed by atoms with E-state index in [1.807, 2.05) is 24.3 Å². The number of fused-ring (bicyclic) bond motifs is 2. The topological polar surface area (TPSA) is 98.1 Å². The van der Waals surface area contributed by atoms with E-state index < -0.39 is 12.1 Å². The summed E-state index contributed by atoms with van der Waals surface area (Å²) in [6.07, 6.45) is 0.743. The van der Waals surface area contributed by atoms with Crippen LogP contribution in [0.15, 0.2) is 48.7 Å². The van der Waals surface area contributed by atoms with Crippen molar-refractivity contribution in [3.63, 3.8) is 0 Å². The van der Waals surface area contributed by atoms with Crippen LogP contribution in [0.25, 0.3) is 21.1 Å². The molecule has 4 aromatic rings. The van der Waals surface area contributed by atoms with Crippen LogP contribution in [-0.4, -0.2) is 27.8 Å². The summed E-state index contributed by atoms with van der Waals surface area (Å²) < 4.78 is 6.18. The summed E-state index contributed by atoms with van der Waals surface area (Å²) in [5.74, 6) is -0.807. The van der Waals surface area contributed by atoms with Crippen molar-refractivity contribution in [1.82, 2.24) is 9.97 Å². The molecule has 0 aliphatic carbocycles.